The molecule has 0 aliphatic heterocycles. The number of nitrogens with two attached hydrogens (primary N) is 3. The van der Waals surface area contributed by atoms with Crippen LogP contribution in [0.4, 0.5) is 4.79 Å². The maximum atomic E-state index is 14.2. The highest BCUT2D eigenvalue weighted by molar-refractivity contribution is 7.80. The average Bonchev–Trinajstić information content (AvgIpc) is 3.15. The molecule has 0 fully saturated rings. The van der Waals surface area contributed by atoms with Gasteiger partial charge in [-0.25, -0.2) is 9.59 Å². The van der Waals surface area contributed by atoms with E-state index in [4.69, 9.17) is 22.6 Å². The highest BCUT2D eigenvalue weighted by atomic mass is 32.1. The Hall–Kier alpha value is -5.89. The molecule has 0 heterocycles. The Morgan fingerprint density at radius 3 is 1.42 bits per heavy atom. The van der Waals surface area contributed by atoms with Gasteiger partial charge in [0.2, 0.25) is 29.5 Å². The maximum absolute atomic E-state index is 14.2. The molecule has 19 nitrogen and oxygen atoms in total. The third-order valence-electron chi connectivity index (χ3n) is 8.42. The summed E-state index contributed by atoms with van der Waals surface area (Å²) in [6, 6.07) is 10.2. The molecule has 5 atom stereocenters. The number of hydrogen-bond acceptors (Lipinski definition) is 10. The topological polar surface area (TPSA) is 326 Å². The number of urea groups is 1. The van der Waals surface area contributed by atoms with Crippen LogP contribution in [0.3, 0.4) is 0 Å². The predicted molar refractivity (Wildman–Crippen MR) is 216 cm³/mol. The third-order valence-corrected chi connectivity index (χ3v) is 8.79. The lowest BCUT2D eigenvalue weighted by atomic mass is 10.0. The van der Waals surface area contributed by atoms with Crippen LogP contribution in [0.2, 0.25) is 0 Å². The molecule has 20 heteroatoms. The van der Waals surface area contributed by atoms with Gasteiger partial charge in [0.1, 0.15) is 30.2 Å². The average molecular weight is 814 g/mol. The van der Waals surface area contributed by atoms with Gasteiger partial charge in [0, 0.05) is 31.7 Å². The van der Waals surface area contributed by atoms with Crippen LogP contribution in [-0.2, 0) is 41.6 Å². The van der Waals surface area contributed by atoms with Crippen LogP contribution in [0.1, 0.15) is 50.7 Å². The van der Waals surface area contributed by atoms with E-state index >= 15 is 0 Å². The van der Waals surface area contributed by atoms with E-state index in [1.807, 2.05) is 0 Å². The number of amides is 7. The molecule has 0 saturated carbocycles. The van der Waals surface area contributed by atoms with Crippen LogP contribution in [0.25, 0.3) is 0 Å². The minimum atomic E-state index is -1.36. The van der Waals surface area contributed by atoms with Crippen molar-refractivity contribution in [3.8, 4) is 0 Å². The van der Waals surface area contributed by atoms with Crippen molar-refractivity contribution in [2.75, 3.05) is 18.8 Å². The molecule has 7 amide bonds. The maximum Gasteiger partial charge on any atom is 0.327 e. The SMILES string of the molecule is CC(C)(N)C(=O)N[C@@H](CCCNC(N)=O)C(=O)N[C@H](Cc1ccccc1)C(=O)N[C@@H](CCCNC(=N)N)C(=O)N[C@@H](Cc1ccccc1)C(=O)N[C@@H](CS)C(=O)O. The summed E-state index contributed by atoms with van der Waals surface area (Å²) >= 11 is 4.01. The van der Waals surface area contributed by atoms with Crippen molar-refractivity contribution in [1.82, 2.24) is 37.2 Å². The second-order valence-corrected chi connectivity index (χ2v) is 14.2. The van der Waals surface area contributed by atoms with E-state index in [-0.39, 0.29) is 63.3 Å². The minimum Gasteiger partial charge on any atom is -0.480 e. The smallest absolute Gasteiger partial charge is 0.327 e. The fourth-order valence-electron chi connectivity index (χ4n) is 5.32. The molecule has 57 heavy (non-hydrogen) atoms. The van der Waals surface area contributed by atoms with Crippen molar-refractivity contribution >= 4 is 60.1 Å². The molecule has 0 unspecified atom stereocenters. The Bertz CT molecular complexity index is 1680. The monoisotopic (exact) mass is 813 g/mol. The molecular formula is C37H55N11O8S. The molecule has 312 valence electrons. The van der Waals surface area contributed by atoms with Gasteiger partial charge in [-0.1, -0.05) is 60.7 Å². The quantitative estimate of drug-likeness (QED) is 0.0247. The van der Waals surface area contributed by atoms with Gasteiger partial charge < -0.3 is 59.5 Å². The molecule has 0 bridgehead atoms. The molecule has 0 aromatic heterocycles. The number of carbonyl (C=O) groups is 7. The number of benzene rings is 2. The van der Waals surface area contributed by atoms with Crippen molar-refractivity contribution in [3.63, 3.8) is 0 Å². The minimum absolute atomic E-state index is 0.0188. The normalized spacial score (nSPS) is 13.6. The van der Waals surface area contributed by atoms with E-state index in [0.717, 1.165) is 0 Å². The number of guanidine groups is 1. The van der Waals surface area contributed by atoms with Crippen molar-refractivity contribution in [2.45, 2.75) is 88.1 Å². The lowest BCUT2D eigenvalue weighted by Crippen LogP contribution is -2.60. The molecule has 0 spiro atoms. The van der Waals surface area contributed by atoms with Gasteiger partial charge in [-0.05, 0) is 50.7 Å². The highest BCUT2D eigenvalue weighted by Crippen LogP contribution is 2.10. The number of primary amides is 1. The Morgan fingerprint density at radius 2 is 1.04 bits per heavy atom. The molecule has 0 radical (unpaired) electrons. The summed E-state index contributed by atoms with van der Waals surface area (Å²) in [5.74, 6) is -5.62. The molecule has 0 saturated heterocycles. The Morgan fingerprint density at radius 1 is 0.649 bits per heavy atom. The lowest BCUT2D eigenvalue weighted by molar-refractivity contribution is -0.141. The van der Waals surface area contributed by atoms with E-state index in [1.165, 1.54) is 13.8 Å². The predicted octanol–water partition coefficient (Wildman–Crippen LogP) is -1.64. The van der Waals surface area contributed by atoms with Crippen LogP contribution in [0.5, 0.6) is 0 Å². The van der Waals surface area contributed by atoms with Crippen LogP contribution in [0, 0.1) is 5.41 Å². The fourth-order valence-corrected chi connectivity index (χ4v) is 5.57. The van der Waals surface area contributed by atoms with Crippen LogP contribution >= 0.6 is 12.6 Å². The number of carboxylic acids is 1. The molecule has 2 rings (SSSR count). The summed E-state index contributed by atoms with van der Waals surface area (Å²) in [5.41, 5.74) is 16.5. The molecule has 0 aliphatic rings. The van der Waals surface area contributed by atoms with Gasteiger partial charge in [-0.3, -0.25) is 29.4 Å². The molecule has 2 aromatic rings. The summed E-state index contributed by atoms with van der Waals surface area (Å²) in [4.78, 5) is 91.2. The number of hydrogen-bond donors (Lipinski definition) is 13. The lowest BCUT2D eigenvalue weighted by Gasteiger charge is -2.28. The Kier molecular flexibility index (Phi) is 19.8. The molecule has 0 aliphatic carbocycles. The van der Waals surface area contributed by atoms with E-state index in [9.17, 15) is 38.7 Å². The standard InChI is InChI=1S/C37H55N11O8S/c1-37(2,41)34(55)48-25(16-10-18-43-36(40)56)30(50)46-26(19-22-11-5-3-6-12-22)31(51)44-24(15-9-17-42-35(38)39)29(49)45-27(20-23-13-7-4-8-14-23)32(52)47-28(21-57)33(53)54/h3-8,11-14,24-28,57H,9-10,15-21,41H2,1-2H3,(H,44,51)(H,45,49)(H,46,50)(H,47,52)(H,48,55)(H,53,54)(H4,38,39,42)(H3,40,43,56)/t24-,25-,26+,27-,28-/m0/s1. The van der Waals surface area contributed by atoms with E-state index in [1.54, 1.807) is 60.7 Å². The number of nitrogens with one attached hydrogen (secondary N) is 8. The summed E-state index contributed by atoms with van der Waals surface area (Å²) in [5, 5.41) is 35.1. The first-order chi connectivity index (χ1) is 26.9. The Balaban J connectivity index is 2.45. The number of rotatable bonds is 24. The number of aliphatic carboxylic acids is 1. The first kappa shape index (κ1) is 47.3. The van der Waals surface area contributed by atoms with Gasteiger partial charge in [0.25, 0.3) is 0 Å². The molecular weight excluding hydrogens is 759 g/mol. The summed E-state index contributed by atoms with van der Waals surface area (Å²) in [6.07, 6.45) is 0.379. The van der Waals surface area contributed by atoms with Gasteiger partial charge in [-0.2, -0.15) is 12.6 Å². The van der Waals surface area contributed by atoms with Crippen LogP contribution in [-0.4, -0.2) is 107 Å². The largest absolute Gasteiger partial charge is 0.480 e. The first-order valence-electron chi connectivity index (χ1n) is 18.2. The summed E-state index contributed by atoms with van der Waals surface area (Å²) < 4.78 is 0. The van der Waals surface area contributed by atoms with E-state index < -0.39 is 77.3 Å². The van der Waals surface area contributed by atoms with E-state index in [2.05, 4.69) is 49.8 Å². The first-order valence-corrected chi connectivity index (χ1v) is 18.9. The summed E-state index contributed by atoms with van der Waals surface area (Å²) in [7, 11) is 0. The summed E-state index contributed by atoms with van der Waals surface area (Å²) in [6.45, 7) is 3.15. The second kappa shape index (κ2) is 23.9. The second-order valence-electron chi connectivity index (χ2n) is 13.8. The van der Waals surface area contributed by atoms with Gasteiger partial charge in [0.15, 0.2) is 5.96 Å². The third kappa shape index (κ3) is 18.1. The number of thiol groups is 1. The van der Waals surface area contributed by atoms with Crippen LogP contribution in [0.15, 0.2) is 60.7 Å². The fraction of sp³-hybridized carbons (Fsp3) is 0.459. The van der Waals surface area contributed by atoms with Crippen molar-refractivity contribution in [3.05, 3.63) is 71.8 Å². The zero-order valence-electron chi connectivity index (χ0n) is 32.0. The van der Waals surface area contributed by atoms with Gasteiger partial charge in [0.05, 0.1) is 5.54 Å². The molecule has 15 N–H and O–H groups in total. The van der Waals surface area contributed by atoms with Crippen molar-refractivity contribution in [1.29, 1.82) is 5.41 Å². The Labute approximate surface area is 336 Å². The van der Waals surface area contributed by atoms with Gasteiger partial charge >= 0.3 is 12.0 Å². The zero-order valence-corrected chi connectivity index (χ0v) is 32.9. The van der Waals surface area contributed by atoms with Crippen LogP contribution < -0.4 is 54.4 Å². The number of carbonyl (C=O) groups excluding carboxylic acids is 6. The van der Waals surface area contributed by atoms with Crippen molar-refractivity contribution < 1.29 is 38.7 Å². The molecule has 2 aromatic carbocycles. The van der Waals surface area contributed by atoms with Gasteiger partial charge in [-0.15, -0.1) is 0 Å². The number of carboxylic acid groups (broad SMARTS) is 1. The highest BCUT2D eigenvalue weighted by Gasteiger charge is 2.33. The van der Waals surface area contributed by atoms with Crippen molar-refractivity contribution in [2.24, 2.45) is 17.2 Å². The van der Waals surface area contributed by atoms with E-state index in [0.29, 0.717) is 11.1 Å². The zero-order chi connectivity index (χ0) is 42.5.